The SMILES string of the molecule is CCCCCCCC/C=C\CCCCCCCCCC(=O)OCCCCCCCCCCCCCC/C=C\CCCCCCCCCCCCCCCCCC(=O)NC(CO)C(O)CCCCCCCCCCCCCCCCCCCCCCC. The highest BCUT2D eigenvalue weighted by Crippen LogP contribution is 2.20. The second kappa shape index (κ2) is 75.8. The summed E-state index contributed by atoms with van der Waals surface area (Å²) in [5, 5.41) is 23.5. The van der Waals surface area contributed by atoms with Gasteiger partial charge in [-0.25, -0.2) is 0 Å². The van der Waals surface area contributed by atoms with Gasteiger partial charge in [-0.3, -0.25) is 9.59 Å². The van der Waals surface area contributed by atoms with Crippen molar-refractivity contribution in [2.24, 2.45) is 0 Å². The first-order chi connectivity index (χ1) is 42.5. The molecule has 86 heavy (non-hydrogen) atoms. The van der Waals surface area contributed by atoms with Crippen LogP contribution in [0.3, 0.4) is 0 Å². The first-order valence-corrected chi connectivity index (χ1v) is 39.6. The Labute approximate surface area is 539 Å². The highest BCUT2D eigenvalue weighted by atomic mass is 16.5. The number of hydrogen-bond acceptors (Lipinski definition) is 5. The first kappa shape index (κ1) is 84.3. The highest BCUT2D eigenvalue weighted by molar-refractivity contribution is 5.76. The number of aliphatic hydroxyl groups is 2. The molecule has 2 atom stereocenters. The molecular weight excluding hydrogens is 1050 g/mol. The minimum atomic E-state index is -0.664. The maximum Gasteiger partial charge on any atom is 0.305 e. The summed E-state index contributed by atoms with van der Waals surface area (Å²) < 4.78 is 5.51. The second-order valence-electron chi connectivity index (χ2n) is 27.4. The van der Waals surface area contributed by atoms with Gasteiger partial charge in [-0.2, -0.15) is 0 Å². The molecule has 0 rings (SSSR count). The number of ether oxygens (including phenoxy) is 1. The highest BCUT2D eigenvalue weighted by Gasteiger charge is 2.20. The fourth-order valence-electron chi connectivity index (χ4n) is 12.7. The van der Waals surface area contributed by atoms with Gasteiger partial charge < -0.3 is 20.3 Å². The summed E-state index contributed by atoms with van der Waals surface area (Å²) in [5.74, 6) is -0.0123. The third-order valence-electron chi connectivity index (χ3n) is 18.7. The van der Waals surface area contributed by atoms with E-state index in [1.807, 2.05) is 0 Å². The molecule has 2 unspecified atom stereocenters. The number of nitrogens with one attached hydrogen (secondary N) is 1. The summed E-state index contributed by atoms with van der Waals surface area (Å²) in [6.45, 7) is 5.00. The van der Waals surface area contributed by atoms with Crippen molar-refractivity contribution in [1.82, 2.24) is 5.32 Å². The number of esters is 1. The quantitative estimate of drug-likeness (QED) is 0.0320. The van der Waals surface area contributed by atoms with Gasteiger partial charge in [-0.05, 0) is 77.0 Å². The van der Waals surface area contributed by atoms with Crippen LogP contribution in [0.5, 0.6) is 0 Å². The fraction of sp³-hybridized carbons (Fsp3) is 0.925. The first-order valence-electron chi connectivity index (χ1n) is 39.6. The van der Waals surface area contributed by atoms with Gasteiger partial charge in [0.2, 0.25) is 5.91 Å². The molecule has 0 aliphatic heterocycles. The van der Waals surface area contributed by atoms with E-state index >= 15 is 0 Å². The number of carbonyl (C=O) groups excluding carboxylic acids is 2. The molecule has 6 heteroatoms. The van der Waals surface area contributed by atoms with Crippen LogP contribution in [0, 0.1) is 0 Å². The Morgan fingerprint density at radius 2 is 0.547 bits per heavy atom. The van der Waals surface area contributed by atoms with Crippen LogP contribution in [0.15, 0.2) is 24.3 Å². The van der Waals surface area contributed by atoms with Crippen molar-refractivity contribution in [2.75, 3.05) is 13.2 Å². The van der Waals surface area contributed by atoms with Crippen LogP contribution >= 0.6 is 0 Å². The third-order valence-corrected chi connectivity index (χ3v) is 18.7. The van der Waals surface area contributed by atoms with Gasteiger partial charge in [0, 0.05) is 12.8 Å². The van der Waals surface area contributed by atoms with Gasteiger partial charge in [-0.15, -0.1) is 0 Å². The van der Waals surface area contributed by atoms with E-state index in [0.29, 0.717) is 25.9 Å². The molecule has 0 spiro atoms. The van der Waals surface area contributed by atoms with Gasteiger partial charge in [0.25, 0.3) is 0 Å². The van der Waals surface area contributed by atoms with Crippen molar-refractivity contribution in [3.63, 3.8) is 0 Å². The minimum Gasteiger partial charge on any atom is -0.466 e. The van der Waals surface area contributed by atoms with E-state index in [9.17, 15) is 19.8 Å². The van der Waals surface area contributed by atoms with Crippen molar-refractivity contribution in [2.45, 2.75) is 463 Å². The van der Waals surface area contributed by atoms with Crippen molar-refractivity contribution in [3.8, 4) is 0 Å². The Bertz CT molecular complexity index is 1350. The van der Waals surface area contributed by atoms with Crippen LogP contribution in [0.2, 0.25) is 0 Å². The van der Waals surface area contributed by atoms with Crippen molar-refractivity contribution in [3.05, 3.63) is 24.3 Å². The standard InChI is InChI=1S/C80H155NO5/c1-3-5-7-9-11-13-15-17-19-21-22-34-37-41-44-48-52-56-60-64-68-72-78(83)77(76-82)81-79(84)73-69-65-61-57-53-49-45-42-38-35-32-30-28-26-24-23-25-27-29-31-33-36-39-43-47-51-55-59-63-67-71-75-86-80(85)74-70-66-62-58-54-50-46-40-20-18-16-14-12-10-8-6-4-2/h18,20,25,27,77-78,82-83H,3-17,19,21-24,26,28-76H2,1-2H3,(H,81,84)/b20-18-,27-25-. The molecule has 510 valence electrons. The van der Waals surface area contributed by atoms with E-state index in [0.717, 1.165) is 44.9 Å². The van der Waals surface area contributed by atoms with Gasteiger partial charge in [0.05, 0.1) is 25.4 Å². The molecule has 0 saturated heterocycles. The van der Waals surface area contributed by atoms with Crippen LogP contribution in [0.1, 0.15) is 450 Å². The average Bonchev–Trinajstić information content (AvgIpc) is 3.53. The normalized spacial score (nSPS) is 12.6. The van der Waals surface area contributed by atoms with Crippen LogP contribution in [0.25, 0.3) is 0 Å². The van der Waals surface area contributed by atoms with Gasteiger partial charge in [0.1, 0.15) is 0 Å². The van der Waals surface area contributed by atoms with Gasteiger partial charge in [0.15, 0.2) is 0 Å². The van der Waals surface area contributed by atoms with E-state index in [1.165, 1.54) is 372 Å². The zero-order chi connectivity index (χ0) is 62.0. The van der Waals surface area contributed by atoms with E-state index in [4.69, 9.17) is 4.74 Å². The van der Waals surface area contributed by atoms with E-state index in [-0.39, 0.29) is 18.5 Å². The summed E-state index contributed by atoms with van der Waals surface area (Å²) in [6.07, 6.45) is 96.9. The molecule has 0 fully saturated rings. The Kier molecular flexibility index (Phi) is 74.3. The zero-order valence-corrected chi connectivity index (χ0v) is 58.6. The molecule has 0 aliphatic carbocycles. The number of unbranched alkanes of at least 4 members (excludes halogenated alkanes) is 60. The lowest BCUT2D eigenvalue weighted by molar-refractivity contribution is -0.143. The molecule has 0 bridgehead atoms. The third kappa shape index (κ3) is 71.4. The Morgan fingerprint density at radius 3 is 0.826 bits per heavy atom. The van der Waals surface area contributed by atoms with Gasteiger partial charge >= 0.3 is 5.97 Å². The van der Waals surface area contributed by atoms with E-state index in [1.54, 1.807) is 0 Å². The maximum absolute atomic E-state index is 12.6. The number of allylic oxidation sites excluding steroid dienone is 4. The molecule has 3 N–H and O–H groups in total. The van der Waals surface area contributed by atoms with Crippen LogP contribution in [0.4, 0.5) is 0 Å². The van der Waals surface area contributed by atoms with E-state index < -0.39 is 12.1 Å². The molecule has 0 heterocycles. The molecule has 0 aromatic heterocycles. The number of amides is 1. The average molecular weight is 1210 g/mol. The monoisotopic (exact) mass is 1210 g/mol. The predicted molar refractivity (Wildman–Crippen MR) is 380 cm³/mol. The summed E-state index contributed by atoms with van der Waals surface area (Å²) in [5.41, 5.74) is 0. The van der Waals surface area contributed by atoms with E-state index in [2.05, 4.69) is 43.5 Å². The topological polar surface area (TPSA) is 95.9 Å². The largest absolute Gasteiger partial charge is 0.466 e. The van der Waals surface area contributed by atoms with Gasteiger partial charge in [-0.1, -0.05) is 385 Å². The number of hydrogen-bond donors (Lipinski definition) is 3. The summed E-state index contributed by atoms with van der Waals surface area (Å²) in [7, 11) is 0. The maximum atomic E-state index is 12.6. The Morgan fingerprint density at radius 1 is 0.314 bits per heavy atom. The number of carbonyl (C=O) groups is 2. The molecular formula is C80H155NO5. The molecule has 0 aromatic carbocycles. The Balaban J connectivity index is 3.35. The second-order valence-corrected chi connectivity index (χ2v) is 27.4. The number of aliphatic hydroxyl groups excluding tert-OH is 2. The van der Waals surface area contributed by atoms with Crippen molar-refractivity contribution >= 4 is 11.9 Å². The zero-order valence-electron chi connectivity index (χ0n) is 58.6. The molecule has 0 radical (unpaired) electrons. The predicted octanol–water partition coefficient (Wildman–Crippen LogP) is 26.0. The summed E-state index contributed by atoms with van der Waals surface area (Å²) >= 11 is 0. The Hall–Kier alpha value is -1.66. The minimum absolute atomic E-state index is 0.0154. The lowest BCUT2D eigenvalue weighted by Gasteiger charge is -2.22. The summed E-state index contributed by atoms with van der Waals surface area (Å²) in [6, 6.07) is -0.541. The molecule has 0 saturated carbocycles. The van der Waals surface area contributed by atoms with Crippen LogP contribution in [-0.2, 0) is 14.3 Å². The molecule has 0 aliphatic rings. The fourth-order valence-corrected chi connectivity index (χ4v) is 12.7. The molecule has 0 aromatic rings. The lowest BCUT2D eigenvalue weighted by atomic mass is 10.0. The van der Waals surface area contributed by atoms with Crippen molar-refractivity contribution in [1.29, 1.82) is 0 Å². The van der Waals surface area contributed by atoms with Crippen LogP contribution < -0.4 is 5.32 Å². The van der Waals surface area contributed by atoms with Crippen molar-refractivity contribution < 1.29 is 24.5 Å². The summed E-state index contributed by atoms with van der Waals surface area (Å²) in [4.78, 5) is 24.7. The molecule has 1 amide bonds. The van der Waals surface area contributed by atoms with Crippen LogP contribution in [-0.4, -0.2) is 47.4 Å². The molecule has 6 nitrogen and oxygen atoms in total. The smallest absolute Gasteiger partial charge is 0.305 e. The number of rotatable bonds is 75. The lowest BCUT2D eigenvalue weighted by Crippen LogP contribution is -2.45.